The van der Waals surface area contributed by atoms with Gasteiger partial charge in [-0.3, -0.25) is 0 Å². The number of benzene rings is 1. The van der Waals surface area contributed by atoms with Gasteiger partial charge in [0.05, 0.1) is 11.8 Å². The highest BCUT2D eigenvalue weighted by Crippen LogP contribution is 2.31. The summed E-state index contributed by atoms with van der Waals surface area (Å²) in [7, 11) is 4.27. The van der Waals surface area contributed by atoms with E-state index in [2.05, 4.69) is 46.1 Å². The van der Waals surface area contributed by atoms with Crippen molar-refractivity contribution in [1.29, 1.82) is 0 Å². The predicted molar refractivity (Wildman–Crippen MR) is 113 cm³/mol. The zero-order valence-corrected chi connectivity index (χ0v) is 17.0. The van der Waals surface area contributed by atoms with Gasteiger partial charge in [0, 0.05) is 63.1 Å². The molecule has 2 aromatic rings. The van der Waals surface area contributed by atoms with Gasteiger partial charge in [0.15, 0.2) is 11.7 Å². The number of aryl methyl sites for hydroxylation is 1. The number of rotatable bonds is 9. The van der Waals surface area contributed by atoms with E-state index in [4.69, 9.17) is 4.42 Å². The van der Waals surface area contributed by atoms with Crippen molar-refractivity contribution in [2.24, 2.45) is 0 Å². The lowest BCUT2D eigenvalue weighted by Crippen LogP contribution is -2.34. The van der Waals surface area contributed by atoms with Crippen LogP contribution in [0.15, 0.2) is 41.1 Å². The van der Waals surface area contributed by atoms with Crippen molar-refractivity contribution in [1.82, 2.24) is 20.1 Å². The number of nitrogens with zero attached hydrogens (tertiary/aromatic N) is 3. The molecule has 1 aromatic carbocycles. The number of aromatic nitrogens is 1. The van der Waals surface area contributed by atoms with E-state index in [0.717, 1.165) is 44.1 Å². The Bertz CT molecular complexity index is 802. The van der Waals surface area contributed by atoms with Crippen molar-refractivity contribution in [3.8, 4) is 17.1 Å². The Kier molecular flexibility index (Phi) is 6.59. The average molecular weight is 386 g/mol. The quantitative estimate of drug-likeness (QED) is 0.573. The molecule has 1 unspecified atom stereocenters. The number of likely N-dealkylation sites (tertiary alicyclic amines) is 1. The van der Waals surface area contributed by atoms with Crippen LogP contribution in [0.5, 0.6) is 5.75 Å². The van der Waals surface area contributed by atoms with Crippen LogP contribution in [-0.2, 0) is 0 Å². The lowest BCUT2D eigenvalue weighted by atomic mass is 10.1. The topological polar surface area (TPSA) is 76.8 Å². The molecule has 1 aromatic heterocycles. The Labute approximate surface area is 167 Å². The molecular formula is C21H31N5O2. The summed E-state index contributed by atoms with van der Waals surface area (Å²) in [5.74, 6) is 1.32. The molecule has 7 heteroatoms. The van der Waals surface area contributed by atoms with Crippen LogP contribution in [0.4, 0.5) is 5.69 Å². The molecule has 0 radical (unpaired) electrons. The number of anilines is 1. The first-order valence-corrected chi connectivity index (χ1v) is 9.73. The van der Waals surface area contributed by atoms with Gasteiger partial charge >= 0.3 is 0 Å². The molecule has 0 bridgehead atoms. The Morgan fingerprint density at radius 2 is 2.21 bits per heavy atom. The van der Waals surface area contributed by atoms with Gasteiger partial charge in [-0.05, 0) is 32.6 Å². The van der Waals surface area contributed by atoms with E-state index in [-0.39, 0.29) is 5.75 Å². The molecule has 1 aliphatic heterocycles. The highest BCUT2D eigenvalue weighted by atomic mass is 16.4. The van der Waals surface area contributed by atoms with Gasteiger partial charge in [-0.2, -0.15) is 0 Å². The Balaban J connectivity index is 1.38. The van der Waals surface area contributed by atoms with Crippen molar-refractivity contribution in [2.45, 2.75) is 19.4 Å². The number of phenolic OH excluding ortho intramolecular Hbond substituents is 1. The molecule has 1 fully saturated rings. The monoisotopic (exact) mass is 385 g/mol. The van der Waals surface area contributed by atoms with Crippen LogP contribution < -0.4 is 10.6 Å². The summed E-state index contributed by atoms with van der Waals surface area (Å²) in [6.07, 6.45) is 2.82. The number of aromatic hydroxyl groups is 1. The summed E-state index contributed by atoms with van der Waals surface area (Å²) in [4.78, 5) is 8.72. The SMILES string of the molecule is C=C(CNCCNc1ccc(-c2cnc(C)o2)c(O)c1)N1CCC(N(C)C)C1. The van der Waals surface area contributed by atoms with Gasteiger partial charge in [-0.15, -0.1) is 0 Å². The van der Waals surface area contributed by atoms with E-state index in [1.807, 2.05) is 12.1 Å². The number of likely N-dealkylation sites (N-methyl/N-ethyl adjacent to an activating group) is 1. The van der Waals surface area contributed by atoms with Crippen LogP contribution >= 0.6 is 0 Å². The molecule has 7 nitrogen and oxygen atoms in total. The van der Waals surface area contributed by atoms with E-state index in [1.165, 1.54) is 6.42 Å². The van der Waals surface area contributed by atoms with Crippen molar-refractivity contribution < 1.29 is 9.52 Å². The fourth-order valence-corrected chi connectivity index (χ4v) is 3.43. The molecule has 0 amide bonds. The highest BCUT2D eigenvalue weighted by Gasteiger charge is 2.24. The first-order valence-electron chi connectivity index (χ1n) is 9.73. The maximum atomic E-state index is 10.2. The number of hydrogen-bond donors (Lipinski definition) is 3. The lowest BCUT2D eigenvalue weighted by Gasteiger charge is -2.23. The standard InChI is InChI=1S/C21H31N5O2/c1-15(26-10-7-18(14-26)25(3)4)12-22-8-9-23-17-5-6-19(20(27)11-17)21-13-24-16(2)28-21/h5-6,11,13,18,22-23,27H,1,7-10,12,14H2,2-4H3. The van der Waals surface area contributed by atoms with E-state index in [0.29, 0.717) is 23.3 Å². The van der Waals surface area contributed by atoms with Gasteiger partial charge in [-0.25, -0.2) is 4.98 Å². The third-order valence-electron chi connectivity index (χ3n) is 5.19. The minimum Gasteiger partial charge on any atom is -0.507 e. The summed E-state index contributed by atoms with van der Waals surface area (Å²) >= 11 is 0. The van der Waals surface area contributed by atoms with Crippen molar-refractivity contribution in [2.75, 3.05) is 52.1 Å². The van der Waals surface area contributed by atoms with Gasteiger partial charge < -0.3 is 30.0 Å². The molecule has 3 N–H and O–H groups in total. The molecule has 152 valence electrons. The Morgan fingerprint density at radius 1 is 1.39 bits per heavy atom. The number of oxazole rings is 1. The summed E-state index contributed by atoms with van der Waals surface area (Å²) in [6, 6.07) is 6.09. The number of hydrogen-bond acceptors (Lipinski definition) is 7. The van der Waals surface area contributed by atoms with Crippen LogP contribution in [0, 0.1) is 6.92 Å². The largest absolute Gasteiger partial charge is 0.507 e. The van der Waals surface area contributed by atoms with E-state index in [9.17, 15) is 5.11 Å². The smallest absolute Gasteiger partial charge is 0.191 e. The molecule has 0 spiro atoms. The van der Waals surface area contributed by atoms with E-state index >= 15 is 0 Å². The summed E-state index contributed by atoms with van der Waals surface area (Å²) in [6.45, 7) is 10.5. The molecule has 3 rings (SSSR count). The first-order chi connectivity index (χ1) is 13.4. The first kappa shape index (κ1) is 20.2. The number of nitrogens with one attached hydrogen (secondary N) is 2. The maximum absolute atomic E-state index is 10.2. The molecule has 0 saturated carbocycles. The van der Waals surface area contributed by atoms with Crippen LogP contribution in [0.2, 0.25) is 0 Å². The normalized spacial score (nSPS) is 16.7. The minimum atomic E-state index is 0.173. The van der Waals surface area contributed by atoms with Crippen LogP contribution in [0.1, 0.15) is 12.3 Å². The second-order valence-electron chi connectivity index (χ2n) is 7.50. The van der Waals surface area contributed by atoms with Gasteiger partial charge in [0.2, 0.25) is 0 Å². The molecule has 28 heavy (non-hydrogen) atoms. The fourth-order valence-electron chi connectivity index (χ4n) is 3.43. The van der Waals surface area contributed by atoms with Crippen molar-refractivity contribution in [3.63, 3.8) is 0 Å². The minimum absolute atomic E-state index is 0.173. The van der Waals surface area contributed by atoms with Gasteiger partial charge in [0.25, 0.3) is 0 Å². The molecule has 1 saturated heterocycles. The summed E-state index contributed by atoms with van der Waals surface area (Å²) in [5, 5.41) is 17.0. The molecular weight excluding hydrogens is 354 g/mol. The summed E-state index contributed by atoms with van der Waals surface area (Å²) in [5.41, 5.74) is 2.65. The van der Waals surface area contributed by atoms with E-state index < -0.39 is 0 Å². The molecule has 1 aliphatic rings. The zero-order valence-electron chi connectivity index (χ0n) is 17.0. The fraction of sp³-hybridized carbons (Fsp3) is 0.476. The third-order valence-corrected chi connectivity index (χ3v) is 5.19. The predicted octanol–water partition coefficient (Wildman–Crippen LogP) is 2.51. The van der Waals surface area contributed by atoms with E-state index in [1.54, 1.807) is 19.2 Å². The lowest BCUT2D eigenvalue weighted by molar-refractivity contribution is 0.289. The van der Waals surface area contributed by atoms with Crippen LogP contribution in [0.3, 0.4) is 0 Å². The zero-order chi connectivity index (χ0) is 20.1. The average Bonchev–Trinajstić information content (AvgIpc) is 3.31. The molecule has 2 heterocycles. The summed E-state index contributed by atoms with van der Waals surface area (Å²) < 4.78 is 5.47. The molecule has 1 atom stereocenters. The highest BCUT2D eigenvalue weighted by molar-refractivity contribution is 5.68. The Morgan fingerprint density at radius 3 is 2.86 bits per heavy atom. The third kappa shape index (κ3) is 5.05. The number of phenols is 1. The van der Waals surface area contributed by atoms with Crippen molar-refractivity contribution in [3.05, 3.63) is 42.6 Å². The van der Waals surface area contributed by atoms with Gasteiger partial charge in [-0.1, -0.05) is 6.58 Å². The van der Waals surface area contributed by atoms with Gasteiger partial charge in [0.1, 0.15) is 5.75 Å². The maximum Gasteiger partial charge on any atom is 0.191 e. The van der Waals surface area contributed by atoms with Crippen molar-refractivity contribution >= 4 is 5.69 Å². The van der Waals surface area contributed by atoms with Crippen LogP contribution in [-0.4, -0.2) is 72.8 Å². The second kappa shape index (κ2) is 9.12. The molecule has 0 aliphatic carbocycles. The second-order valence-corrected chi connectivity index (χ2v) is 7.50. The Hall–Kier alpha value is -2.51. The van der Waals surface area contributed by atoms with Crippen LogP contribution in [0.25, 0.3) is 11.3 Å².